The van der Waals surface area contributed by atoms with Gasteiger partial charge in [0.25, 0.3) is 0 Å². The Kier molecular flexibility index (Phi) is 6.79. The fraction of sp³-hybridized carbons (Fsp3) is 0.217. The summed E-state index contributed by atoms with van der Waals surface area (Å²) in [4.78, 5) is 0.955. The van der Waals surface area contributed by atoms with Gasteiger partial charge in [0.2, 0.25) is 0 Å². The molecule has 0 radical (unpaired) electrons. The topological polar surface area (TPSA) is 57.5 Å². The second-order valence-corrected chi connectivity index (χ2v) is 11.1. The van der Waals surface area contributed by atoms with Crippen LogP contribution in [0.5, 0.6) is 0 Å². The van der Waals surface area contributed by atoms with Gasteiger partial charge in [-0.05, 0) is 19.1 Å². The van der Waals surface area contributed by atoms with Gasteiger partial charge in [-0.25, -0.2) is 0 Å². The Hall–Kier alpha value is -1.84. The second kappa shape index (κ2) is 9.11. The summed E-state index contributed by atoms with van der Waals surface area (Å²) in [7, 11) is -3.09. The first-order valence-corrected chi connectivity index (χ1v) is 12.0. The lowest BCUT2D eigenvalue weighted by molar-refractivity contribution is 0.0617. The third-order valence-corrected chi connectivity index (χ3v) is 9.61. The van der Waals surface area contributed by atoms with Crippen LogP contribution in [0.2, 0.25) is 0 Å². The summed E-state index contributed by atoms with van der Waals surface area (Å²) < 4.78 is 14.3. The SMILES string of the molecule is C[C@](O)(CP(=O)(c1ccccc1)c1ccccc1)[C@@H](CO)Sc1ccccc1. The zero-order valence-corrected chi connectivity index (χ0v) is 17.5. The Morgan fingerprint density at radius 1 is 0.857 bits per heavy atom. The largest absolute Gasteiger partial charge is 0.395 e. The third kappa shape index (κ3) is 4.76. The van der Waals surface area contributed by atoms with Crippen LogP contribution in [-0.4, -0.2) is 33.8 Å². The van der Waals surface area contributed by atoms with Crippen LogP contribution >= 0.6 is 18.9 Å². The van der Waals surface area contributed by atoms with Gasteiger partial charge >= 0.3 is 0 Å². The second-order valence-electron chi connectivity index (χ2n) is 7.03. The summed E-state index contributed by atoms with van der Waals surface area (Å²) in [5.74, 6) is 0. The van der Waals surface area contributed by atoms with Crippen molar-refractivity contribution in [2.24, 2.45) is 0 Å². The number of aliphatic hydroxyl groups is 2. The molecule has 2 atom stereocenters. The van der Waals surface area contributed by atoms with E-state index in [9.17, 15) is 14.8 Å². The van der Waals surface area contributed by atoms with E-state index in [1.807, 2.05) is 91.0 Å². The minimum absolute atomic E-state index is 0.0546. The van der Waals surface area contributed by atoms with Gasteiger partial charge < -0.3 is 14.8 Å². The number of hydrogen-bond acceptors (Lipinski definition) is 4. The third-order valence-electron chi connectivity index (χ3n) is 4.77. The molecule has 0 saturated carbocycles. The zero-order valence-electron chi connectivity index (χ0n) is 15.8. The maximum atomic E-state index is 14.3. The Morgan fingerprint density at radius 2 is 1.29 bits per heavy atom. The molecular formula is C23H25O3PS. The summed E-state index contributed by atoms with van der Waals surface area (Å²) in [5, 5.41) is 22.2. The molecule has 0 aromatic heterocycles. The summed E-state index contributed by atoms with van der Waals surface area (Å²) in [6.45, 7) is 1.46. The highest BCUT2D eigenvalue weighted by atomic mass is 32.2. The highest BCUT2D eigenvalue weighted by Gasteiger charge is 2.41. The predicted octanol–water partition coefficient (Wildman–Crippen LogP) is 3.90. The Labute approximate surface area is 170 Å². The van der Waals surface area contributed by atoms with Crippen LogP contribution in [0.3, 0.4) is 0 Å². The summed E-state index contributed by atoms with van der Waals surface area (Å²) >= 11 is 1.41. The Balaban J connectivity index is 1.96. The van der Waals surface area contributed by atoms with E-state index in [2.05, 4.69) is 0 Å². The van der Waals surface area contributed by atoms with Crippen LogP contribution in [0.25, 0.3) is 0 Å². The molecule has 3 aromatic carbocycles. The van der Waals surface area contributed by atoms with Gasteiger partial charge in [0.05, 0.1) is 17.5 Å². The van der Waals surface area contributed by atoms with Crippen molar-refractivity contribution in [3.05, 3.63) is 91.0 Å². The van der Waals surface area contributed by atoms with Crippen molar-refractivity contribution in [1.29, 1.82) is 0 Å². The van der Waals surface area contributed by atoms with Gasteiger partial charge in [0.1, 0.15) is 7.14 Å². The highest BCUT2D eigenvalue weighted by Crippen LogP contribution is 2.48. The minimum Gasteiger partial charge on any atom is -0.395 e. The van der Waals surface area contributed by atoms with Gasteiger partial charge in [-0.15, -0.1) is 11.8 Å². The number of benzene rings is 3. The average Bonchev–Trinajstić information content (AvgIpc) is 2.73. The summed E-state index contributed by atoms with van der Waals surface area (Å²) in [5.41, 5.74) is -1.34. The normalized spacial score (nSPS) is 15.0. The number of hydrogen-bond donors (Lipinski definition) is 2. The van der Waals surface area contributed by atoms with E-state index in [1.54, 1.807) is 6.92 Å². The molecule has 3 aromatic rings. The molecular weight excluding hydrogens is 387 g/mol. The highest BCUT2D eigenvalue weighted by molar-refractivity contribution is 8.00. The lowest BCUT2D eigenvalue weighted by Crippen LogP contribution is -2.45. The Bertz CT molecular complexity index is 871. The molecule has 0 aliphatic rings. The van der Waals surface area contributed by atoms with E-state index < -0.39 is 18.0 Å². The average molecular weight is 412 g/mol. The molecule has 0 aliphatic heterocycles. The molecule has 0 spiro atoms. The maximum absolute atomic E-state index is 14.3. The van der Waals surface area contributed by atoms with E-state index in [4.69, 9.17) is 0 Å². The van der Waals surface area contributed by atoms with Crippen LogP contribution in [0.4, 0.5) is 0 Å². The molecule has 28 heavy (non-hydrogen) atoms. The van der Waals surface area contributed by atoms with Gasteiger partial charge in [0, 0.05) is 21.7 Å². The zero-order chi connectivity index (χ0) is 20.0. The lowest BCUT2D eigenvalue weighted by atomic mass is 10.1. The van der Waals surface area contributed by atoms with Crippen molar-refractivity contribution >= 4 is 29.5 Å². The molecule has 0 aliphatic carbocycles. The van der Waals surface area contributed by atoms with Gasteiger partial charge in [-0.3, -0.25) is 0 Å². The quantitative estimate of drug-likeness (QED) is 0.435. The predicted molar refractivity (Wildman–Crippen MR) is 118 cm³/mol. The van der Waals surface area contributed by atoms with Crippen molar-refractivity contribution in [1.82, 2.24) is 0 Å². The monoisotopic (exact) mass is 412 g/mol. The minimum atomic E-state index is -3.09. The van der Waals surface area contributed by atoms with Crippen LogP contribution in [-0.2, 0) is 4.57 Å². The van der Waals surface area contributed by atoms with E-state index in [-0.39, 0.29) is 12.8 Å². The van der Waals surface area contributed by atoms with E-state index in [0.717, 1.165) is 4.90 Å². The molecule has 0 fully saturated rings. The Morgan fingerprint density at radius 3 is 1.71 bits per heavy atom. The molecule has 146 valence electrons. The molecule has 3 rings (SSSR count). The standard InChI is InChI=1S/C23H25O3PS/c1-23(25,22(17-24)28-21-15-9-4-10-16-21)18-27(26,19-11-5-2-6-12-19)20-13-7-3-8-14-20/h2-16,22,24-25H,17-18H2,1H3/t22-,23+/m1/s1. The van der Waals surface area contributed by atoms with Crippen molar-refractivity contribution < 1.29 is 14.8 Å². The molecule has 0 unspecified atom stereocenters. The van der Waals surface area contributed by atoms with Crippen LogP contribution in [0.15, 0.2) is 95.9 Å². The summed E-state index contributed by atoms with van der Waals surface area (Å²) in [6.07, 6.45) is 0.0546. The molecule has 0 amide bonds. The van der Waals surface area contributed by atoms with Gasteiger partial charge in [-0.2, -0.15) is 0 Å². The van der Waals surface area contributed by atoms with Crippen molar-refractivity contribution in [3.8, 4) is 0 Å². The van der Waals surface area contributed by atoms with Crippen LogP contribution < -0.4 is 10.6 Å². The molecule has 0 saturated heterocycles. The molecule has 3 nitrogen and oxygen atoms in total. The number of thioether (sulfide) groups is 1. The molecule has 2 N–H and O–H groups in total. The van der Waals surface area contributed by atoms with Crippen molar-refractivity contribution in [2.45, 2.75) is 22.7 Å². The van der Waals surface area contributed by atoms with E-state index >= 15 is 0 Å². The maximum Gasteiger partial charge on any atom is 0.146 e. The van der Waals surface area contributed by atoms with Crippen LogP contribution in [0.1, 0.15) is 6.92 Å². The molecule has 0 heterocycles. The van der Waals surface area contributed by atoms with E-state index in [1.165, 1.54) is 11.8 Å². The number of rotatable bonds is 8. The molecule has 5 heteroatoms. The van der Waals surface area contributed by atoms with Crippen molar-refractivity contribution in [3.63, 3.8) is 0 Å². The summed E-state index contributed by atoms with van der Waals surface area (Å²) in [6, 6.07) is 28.3. The smallest absolute Gasteiger partial charge is 0.146 e. The first kappa shape index (κ1) is 20.9. The fourth-order valence-corrected chi connectivity index (χ4v) is 7.52. The first-order chi connectivity index (χ1) is 13.5. The molecule has 0 bridgehead atoms. The van der Waals surface area contributed by atoms with Gasteiger partial charge in [-0.1, -0.05) is 78.9 Å². The van der Waals surface area contributed by atoms with Gasteiger partial charge in [0.15, 0.2) is 0 Å². The fourth-order valence-electron chi connectivity index (χ4n) is 3.25. The lowest BCUT2D eigenvalue weighted by Gasteiger charge is -2.35. The van der Waals surface area contributed by atoms with Crippen LogP contribution in [0, 0.1) is 0 Å². The first-order valence-electron chi connectivity index (χ1n) is 9.21. The van der Waals surface area contributed by atoms with Crippen molar-refractivity contribution in [2.75, 3.05) is 12.8 Å². The van der Waals surface area contributed by atoms with E-state index in [0.29, 0.717) is 10.6 Å². The number of aliphatic hydroxyl groups excluding tert-OH is 1.